The predicted molar refractivity (Wildman–Crippen MR) is 78.2 cm³/mol. The Hall–Kier alpha value is -0.630. The van der Waals surface area contributed by atoms with Crippen molar-refractivity contribution in [1.82, 2.24) is 0 Å². The highest BCUT2D eigenvalue weighted by Gasteiger charge is 2.52. The summed E-state index contributed by atoms with van der Waals surface area (Å²) in [6, 6.07) is 0. The van der Waals surface area contributed by atoms with E-state index in [-0.39, 0.29) is 5.78 Å². The largest absolute Gasteiger partial charge is 0.385 e. The van der Waals surface area contributed by atoms with Crippen LogP contribution in [0.5, 0.6) is 0 Å². The van der Waals surface area contributed by atoms with Crippen molar-refractivity contribution in [3.8, 4) is 0 Å². The molecule has 0 aromatic rings. The summed E-state index contributed by atoms with van der Waals surface area (Å²) in [4.78, 5) is 11.7. The molecule has 3 fully saturated rings. The van der Waals surface area contributed by atoms with Crippen molar-refractivity contribution in [3.63, 3.8) is 0 Å². The van der Waals surface area contributed by atoms with Crippen molar-refractivity contribution in [1.29, 1.82) is 0 Å². The number of Topliss-reactive ketones (excluding diaryl/α,β-unsaturated/α-hetero) is 1. The van der Waals surface area contributed by atoms with Crippen LogP contribution in [0.4, 0.5) is 0 Å². The van der Waals surface area contributed by atoms with Crippen molar-refractivity contribution in [2.24, 2.45) is 17.3 Å². The number of hydrogen-bond acceptors (Lipinski definition) is 2. The molecule has 0 aromatic heterocycles. The molecule has 20 heavy (non-hydrogen) atoms. The molecule has 0 bridgehead atoms. The molecule has 0 heterocycles. The van der Waals surface area contributed by atoms with Crippen LogP contribution in [0.15, 0.2) is 11.1 Å². The Morgan fingerprint density at radius 1 is 1.10 bits per heavy atom. The maximum Gasteiger partial charge on any atom is 0.136 e. The van der Waals surface area contributed by atoms with Gasteiger partial charge in [0.2, 0.25) is 0 Å². The van der Waals surface area contributed by atoms with Crippen LogP contribution < -0.4 is 0 Å². The van der Waals surface area contributed by atoms with E-state index in [0.29, 0.717) is 18.3 Å². The summed E-state index contributed by atoms with van der Waals surface area (Å²) in [5.41, 5.74) is 2.68. The summed E-state index contributed by atoms with van der Waals surface area (Å²) in [5.74, 6) is 1.83. The van der Waals surface area contributed by atoms with Gasteiger partial charge >= 0.3 is 0 Å². The van der Waals surface area contributed by atoms with E-state index in [0.717, 1.165) is 31.1 Å². The van der Waals surface area contributed by atoms with Gasteiger partial charge in [-0.2, -0.15) is 0 Å². The number of fused-ring (bicyclic) bond motifs is 4. The zero-order valence-corrected chi connectivity index (χ0v) is 12.6. The van der Waals surface area contributed by atoms with E-state index in [2.05, 4.69) is 6.92 Å². The fourth-order valence-corrected chi connectivity index (χ4v) is 5.97. The van der Waals surface area contributed by atoms with Crippen LogP contribution in [-0.2, 0) is 4.79 Å². The number of hydrogen-bond donors (Lipinski definition) is 1. The number of allylic oxidation sites excluding steroid dienone is 1. The van der Waals surface area contributed by atoms with Crippen LogP contribution in [0.2, 0.25) is 0 Å². The van der Waals surface area contributed by atoms with Crippen molar-refractivity contribution in [3.05, 3.63) is 11.1 Å². The molecule has 4 rings (SSSR count). The second-order valence-electron chi connectivity index (χ2n) is 8.05. The summed E-state index contributed by atoms with van der Waals surface area (Å²) in [6.45, 7) is 2.50. The van der Waals surface area contributed by atoms with Crippen molar-refractivity contribution >= 4 is 5.78 Å². The van der Waals surface area contributed by atoms with Gasteiger partial charge < -0.3 is 5.11 Å². The summed E-state index contributed by atoms with van der Waals surface area (Å²) in [7, 11) is 0. The third-order valence-corrected chi connectivity index (χ3v) is 7.02. The van der Waals surface area contributed by atoms with Gasteiger partial charge in [-0.15, -0.1) is 0 Å². The van der Waals surface area contributed by atoms with E-state index in [1.807, 2.05) is 0 Å². The number of carbonyl (C=O) groups is 1. The average Bonchev–Trinajstić information content (AvgIpc) is 2.79. The maximum absolute atomic E-state index is 11.7. The molecule has 4 atom stereocenters. The molecule has 0 aliphatic heterocycles. The third kappa shape index (κ3) is 1.70. The predicted octanol–water partition coefficient (Wildman–Crippen LogP) is 3.78. The second-order valence-corrected chi connectivity index (χ2v) is 8.05. The molecule has 0 aromatic carbocycles. The van der Waals surface area contributed by atoms with Gasteiger partial charge in [-0.1, -0.05) is 18.9 Å². The number of carbonyl (C=O) groups excluding carboxylic acids is 1. The Labute approximate surface area is 121 Å². The first-order chi connectivity index (χ1) is 9.52. The van der Waals surface area contributed by atoms with Gasteiger partial charge in [0.1, 0.15) is 5.78 Å². The highest BCUT2D eigenvalue weighted by atomic mass is 16.3. The molecular formula is C18H26O2. The second kappa shape index (κ2) is 4.19. The Balaban J connectivity index is 1.74. The van der Waals surface area contributed by atoms with Crippen LogP contribution in [0.1, 0.15) is 71.1 Å². The van der Waals surface area contributed by atoms with Crippen LogP contribution in [0.25, 0.3) is 0 Å². The molecule has 3 saturated carbocycles. The van der Waals surface area contributed by atoms with Gasteiger partial charge in [-0.3, -0.25) is 4.79 Å². The Bertz CT molecular complexity index is 492. The number of rotatable bonds is 0. The van der Waals surface area contributed by atoms with Gasteiger partial charge in [0.15, 0.2) is 0 Å². The zero-order chi connectivity index (χ0) is 14.0. The SMILES string of the molecule is C[C@@]12CCC[C@H]1[C@@H]1CCC3(O)CC(=O)CCC3=C1CC2. The van der Waals surface area contributed by atoms with Crippen LogP contribution in [0, 0.1) is 17.3 Å². The summed E-state index contributed by atoms with van der Waals surface area (Å²) >= 11 is 0. The molecular weight excluding hydrogens is 248 g/mol. The molecule has 0 amide bonds. The zero-order valence-electron chi connectivity index (χ0n) is 12.6. The molecule has 4 aliphatic rings. The third-order valence-electron chi connectivity index (χ3n) is 7.02. The minimum Gasteiger partial charge on any atom is -0.385 e. The average molecular weight is 274 g/mol. The first-order valence-corrected chi connectivity index (χ1v) is 8.48. The summed E-state index contributed by atoms with van der Waals surface area (Å²) in [5, 5.41) is 10.9. The van der Waals surface area contributed by atoms with Gasteiger partial charge in [-0.05, 0) is 67.8 Å². The Kier molecular flexibility index (Phi) is 2.74. The topological polar surface area (TPSA) is 37.3 Å². The molecule has 1 N–H and O–H groups in total. The lowest BCUT2D eigenvalue weighted by molar-refractivity contribution is -0.125. The lowest BCUT2D eigenvalue weighted by Gasteiger charge is -2.51. The van der Waals surface area contributed by atoms with Crippen LogP contribution >= 0.6 is 0 Å². The summed E-state index contributed by atoms with van der Waals surface area (Å²) in [6.07, 6.45) is 10.5. The first kappa shape index (κ1) is 13.1. The van der Waals surface area contributed by atoms with Crippen LogP contribution in [0.3, 0.4) is 0 Å². The fraction of sp³-hybridized carbons (Fsp3) is 0.833. The summed E-state index contributed by atoms with van der Waals surface area (Å²) < 4.78 is 0. The molecule has 0 spiro atoms. The molecule has 4 aliphatic carbocycles. The molecule has 0 radical (unpaired) electrons. The molecule has 0 saturated heterocycles. The smallest absolute Gasteiger partial charge is 0.136 e. The lowest BCUT2D eigenvalue weighted by Crippen LogP contribution is -2.46. The van der Waals surface area contributed by atoms with Gasteiger partial charge in [0.05, 0.1) is 5.60 Å². The maximum atomic E-state index is 11.7. The highest BCUT2D eigenvalue weighted by molar-refractivity contribution is 5.82. The van der Waals surface area contributed by atoms with E-state index >= 15 is 0 Å². The fourth-order valence-electron chi connectivity index (χ4n) is 5.97. The van der Waals surface area contributed by atoms with E-state index in [4.69, 9.17) is 0 Å². The van der Waals surface area contributed by atoms with E-state index in [1.54, 1.807) is 5.57 Å². The van der Waals surface area contributed by atoms with Gasteiger partial charge in [0, 0.05) is 12.8 Å². The van der Waals surface area contributed by atoms with E-state index in [9.17, 15) is 9.90 Å². The van der Waals surface area contributed by atoms with E-state index < -0.39 is 5.60 Å². The molecule has 110 valence electrons. The van der Waals surface area contributed by atoms with Crippen molar-refractivity contribution in [2.75, 3.05) is 0 Å². The van der Waals surface area contributed by atoms with E-state index in [1.165, 1.54) is 37.7 Å². The van der Waals surface area contributed by atoms with Gasteiger partial charge in [0.25, 0.3) is 0 Å². The van der Waals surface area contributed by atoms with Crippen molar-refractivity contribution < 1.29 is 9.90 Å². The Morgan fingerprint density at radius 3 is 2.80 bits per heavy atom. The highest BCUT2D eigenvalue weighted by Crippen LogP contribution is 2.60. The van der Waals surface area contributed by atoms with Crippen molar-refractivity contribution in [2.45, 2.75) is 76.7 Å². The molecule has 2 heteroatoms. The minimum atomic E-state index is -0.756. The quantitative estimate of drug-likeness (QED) is 0.683. The molecule has 1 unspecified atom stereocenters. The standard InChI is InChI=1S/C18H26O2/c1-17-8-2-3-15(17)13-7-10-18(20)11-12(19)4-5-16(18)14(13)6-9-17/h13,15,20H,2-11H2,1H3/t13-,15+,17+,18?/m1/s1. The first-order valence-electron chi connectivity index (χ1n) is 8.48. The monoisotopic (exact) mass is 274 g/mol. The Morgan fingerprint density at radius 2 is 1.95 bits per heavy atom. The van der Waals surface area contributed by atoms with Crippen LogP contribution in [-0.4, -0.2) is 16.5 Å². The minimum absolute atomic E-state index is 0.261. The number of aliphatic hydroxyl groups is 1. The normalized spacial score (nSPS) is 47.8. The molecule has 2 nitrogen and oxygen atoms in total. The lowest BCUT2D eigenvalue weighted by atomic mass is 9.55. The van der Waals surface area contributed by atoms with Gasteiger partial charge in [-0.25, -0.2) is 0 Å². The number of ketones is 1.